The fraction of sp³-hybridized carbons (Fsp3) is 0.222. The van der Waals surface area contributed by atoms with Crippen LogP contribution in [0.5, 0.6) is 0 Å². The quantitative estimate of drug-likeness (QED) is 0.558. The second-order valence-corrected chi connectivity index (χ2v) is 6.23. The first-order chi connectivity index (χ1) is 12.9. The Morgan fingerprint density at radius 1 is 0.769 bits per heavy atom. The highest BCUT2D eigenvalue weighted by Gasteiger charge is 2.28. The first kappa shape index (κ1) is 14.9. The Labute approximate surface area is 149 Å². The fourth-order valence-corrected chi connectivity index (χ4v) is 3.31. The van der Waals surface area contributed by atoms with E-state index in [0.717, 1.165) is 47.0 Å². The monoisotopic (exact) mass is 344 g/mol. The summed E-state index contributed by atoms with van der Waals surface area (Å²) in [6, 6.07) is 11.7. The normalized spacial score (nSPS) is 12.6. The van der Waals surface area contributed by atoms with Crippen molar-refractivity contribution in [3.05, 3.63) is 71.6 Å². The molecule has 0 spiro atoms. The fourth-order valence-electron chi connectivity index (χ4n) is 3.31. The van der Waals surface area contributed by atoms with Crippen LogP contribution in [0.2, 0.25) is 0 Å². The molecule has 0 unspecified atom stereocenters. The number of aryl methyl sites for hydroxylation is 1. The van der Waals surface area contributed by atoms with Crippen molar-refractivity contribution in [1.29, 1.82) is 0 Å². The van der Waals surface area contributed by atoms with Crippen LogP contribution in [0.15, 0.2) is 48.8 Å². The van der Waals surface area contributed by atoms with Crippen LogP contribution in [0, 0.1) is 0 Å². The van der Waals surface area contributed by atoms with Crippen molar-refractivity contribution in [2.75, 3.05) is 0 Å². The Balaban J connectivity index is 1.51. The van der Waals surface area contributed by atoms with Crippen LogP contribution in [0.25, 0.3) is 11.4 Å². The van der Waals surface area contributed by atoms with Gasteiger partial charge in [0.1, 0.15) is 11.4 Å². The highest BCUT2D eigenvalue weighted by atomic mass is 15.5. The molecule has 0 amide bonds. The number of pyridine rings is 2. The van der Waals surface area contributed by atoms with Crippen molar-refractivity contribution in [3.63, 3.8) is 0 Å². The summed E-state index contributed by atoms with van der Waals surface area (Å²) in [4.78, 5) is 8.76. The molecule has 8 heteroatoms. The van der Waals surface area contributed by atoms with Crippen LogP contribution in [0.3, 0.4) is 0 Å². The minimum Gasteiger partial charge on any atom is -0.259 e. The first-order valence-corrected chi connectivity index (χ1v) is 8.53. The number of fused-ring (bicyclic) bond motifs is 3. The second kappa shape index (κ2) is 6.14. The summed E-state index contributed by atoms with van der Waals surface area (Å²) in [6.45, 7) is 1.18. The van der Waals surface area contributed by atoms with Gasteiger partial charge in [0.2, 0.25) is 0 Å². The minimum absolute atomic E-state index is 0.565. The first-order valence-electron chi connectivity index (χ1n) is 8.53. The standard InChI is InChI=1S/C18H16N8/c1-3-9-19-13(5-1)11-25-16-8-7-15-18(17(16)22-24-25)26(23-21-15)12-14-6-2-4-10-20-14/h1-6,9-10H,7-8,11-12H2. The van der Waals surface area contributed by atoms with Crippen LogP contribution in [0.4, 0.5) is 0 Å². The van der Waals surface area contributed by atoms with Crippen molar-refractivity contribution in [2.24, 2.45) is 0 Å². The maximum absolute atomic E-state index is 4.43. The lowest BCUT2D eigenvalue weighted by Crippen LogP contribution is -2.13. The number of hydrogen-bond donors (Lipinski definition) is 0. The zero-order valence-corrected chi connectivity index (χ0v) is 14.0. The molecule has 5 rings (SSSR count). The molecule has 0 atom stereocenters. The highest BCUT2D eigenvalue weighted by Crippen LogP contribution is 2.30. The minimum atomic E-state index is 0.565. The van der Waals surface area contributed by atoms with Crippen LogP contribution >= 0.6 is 0 Å². The van der Waals surface area contributed by atoms with Gasteiger partial charge >= 0.3 is 0 Å². The van der Waals surface area contributed by atoms with Gasteiger partial charge in [0.05, 0.1) is 35.9 Å². The van der Waals surface area contributed by atoms with E-state index in [1.165, 1.54) is 0 Å². The van der Waals surface area contributed by atoms with Gasteiger partial charge in [-0.1, -0.05) is 22.6 Å². The molecule has 1 aliphatic rings. The molecule has 128 valence electrons. The molecule has 0 aromatic carbocycles. The lowest BCUT2D eigenvalue weighted by Gasteiger charge is -2.13. The molecule has 4 heterocycles. The van der Waals surface area contributed by atoms with E-state index in [0.29, 0.717) is 13.1 Å². The zero-order valence-electron chi connectivity index (χ0n) is 14.0. The Hall–Kier alpha value is -3.42. The summed E-state index contributed by atoms with van der Waals surface area (Å²) in [5.74, 6) is 0. The third-order valence-electron chi connectivity index (χ3n) is 4.54. The number of rotatable bonds is 4. The van der Waals surface area contributed by atoms with Crippen LogP contribution < -0.4 is 0 Å². The van der Waals surface area contributed by atoms with Crippen LogP contribution in [-0.4, -0.2) is 40.0 Å². The van der Waals surface area contributed by atoms with E-state index < -0.39 is 0 Å². The van der Waals surface area contributed by atoms with Gasteiger partial charge in [-0.2, -0.15) is 0 Å². The molecule has 4 aromatic heterocycles. The van der Waals surface area contributed by atoms with Crippen LogP contribution in [0.1, 0.15) is 22.8 Å². The lowest BCUT2D eigenvalue weighted by atomic mass is 10.0. The van der Waals surface area contributed by atoms with Gasteiger partial charge in [-0.25, -0.2) is 9.36 Å². The van der Waals surface area contributed by atoms with Gasteiger partial charge in [-0.05, 0) is 37.1 Å². The van der Waals surface area contributed by atoms with Gasteiger partial charge in [0.15, 0.2) is 0 Å². The van der Waals surface area contributed by atoms with Crippen LogP contribution in [-0.2, 0) is 25.9 Å². The highest BCUT2D eigenvalue weighted by molar-refractivity contribution is 5.62. The zero-order chi connectivity index (χ0) is 17.3. The number of nitrogens with zero attached hydrogens (tertiary/aromatic N) is 8. The van der Waals surface area contributed by atoms with E-state index in [1.807, 2.05) is 45.8 Å². The van der Waals surface area contributed by atoms with E-state index in [1.54, 1.807) is 12.4 Å². The Morgan fingerprint density at radius 3 is 2.15 bits per heavy atom. The largest absolute Gasteiger partial charge is 0.259 e. The summed E-state index contributed by atoms with van der Waals surface area (Å²) in [7, 11) is 0. The molecule has 0 saturated heterocycles. The second-order valence-electron chi connectivity index (χ2n) is 6.23. The van der Waals surface area contributed by atoms with E-state index >= 15 is 0 Å². The van der Waals surface area contributed by atoms with Crippen molar-refractivity contribution in [3.8, 4) is 11.4 Å². The van der Waals surface area contributed by atoms with Gasteiger partial charge in [-0.3, -0.25) is 9.97 Å². The molecule has 0 bridgehead atoms. The molecule has 4 aromatic rings. The molecular formula is C18H16N8. The van der Waals surface area contributed by atoms with Gasteiger partial charge in [-0.15, -0.1) is 10.2 Å². The molecular weight excluding hydrogens is 328 g/mol. The molecule has 0 saturated carbocycles. The van der Waals surface area contributed by atoms with E-state index in [4.69, 9.17) is 0 Å². The maximum Gasteiger partial charge on any atom is 0.136 e. The van der Waals surface area contributed by atoms with E-state index in [2.05, 4.69) is 30.6 Å². The van der Waals surface area contributed by atoms with Gasteiger partial charge < -0.3 is 0 Å². The van der Waals surface area contributed by atoms with Crippen molar-refractivity contribution < 1.29 is 0 Å². The summed E-state index contributed by atoms with van der Waals surface area (Å²) in [5, 5.41) is 17.5. The Kier molecular flexibility index (Phi) is 3.52. The van der Waals surface area contributed by atoms with Crippen molar-refractivity contribution in [2.45, 2.75) is 25.9 Å². The Morgan fingerprint density at radius 2 is 1.46 bits per heavy atom. The summed E-state index contributed by atoms with van der Waals surface area (Å²) in [5.41, 5.74) is 5.79. The molecule has 0 N–H and O–H groups in total. The smallest absolute Gasteiger partial charge is 0.136 e. The molecule has 0 radical (unpaired) electrons. The van der Waals surface area contributed by atoms with Gasteiger partial charge in [0.25, 0.3) is 0 Å². The van der Waals surface area contributed by atoms with Crippen molar-refractivity contribution in [1.82, 2.24) is 40.0 Å². The summed E-state index contributed by atoms with van der Waals surface area (Å²) in [6.07, 6.45) is 5.26. The van der Waals surface area contributed by atoms with E-state index in [9.17, 15) is 0 Å². The topological polar surface area (TPSA) is 87.2 Å². The average molecular weight is 344 g/mol. The predicted molar refractivity (Wildman–Crippen MR) is 93.1 cm³/mol. The molecule has 0 aliphatic heterocycles. The van der Waals surface area contributed by atoms with Crippen molar-refractivity contribution >= 4 is 0 Å². The third-order valence-corrected chi connectivity index (χ3v) is 4.54. The average Bonchev–Trinajstić information content (AvgIpc) is 3.28. The Bertz CT molecular complexity index is 1040. The third kappa shape index (κ3) is 2.55. The predicted octanol–water partition coefficient (Wildman–Crippen LogP) is 1.52. The van der Waals surface area contributed by atoms with Gasteiger partial charge in [0, 0.05) is 12.4 Å². The maximum atomic E-state index is 4.43. The molecule has 26 heavy (non-hydrogen) atoms. The molecule has 0 fully saturated rings. The van der Waals surface area contributed by atoms with E-state index in [-0.39, 0.29) is 0 Å². The molecule has 8 nitrogen and oxygen atoms in total. The lowest BCUT2D eigenvalue weighted by molar-refractivity contribution is 0.605. The SMILES string of the molecule is c1ccc(Cn2nnc3c2CCc2nnn(Cc4ccccn4)c2-3)nc1. The number of aromatic nitrogens is 8. The molecule has 1 aliphatic carbocycles. The summed E-state index contributed by atoms with van der Waals surface area (Å²) >= 11 is 0. The summed E-state index contributed by atoms with van der Waals surface area (Å²) < 4.78 is 3.80. The number of hydrogen-bond acceptors (Lipinski definition) is 6.